The van der Waals surface area contributed by atoms with E-state index in [0.717, 1.165) is 0 Å². The van der Waals surface area contributed by atoms with Crippen molar-refractivity contribution in [1.29, 1.82) is 0 Å². The van der Waals surface area contributed by atoms with Crippen LogP contribution in [0.4, 0.5) is 0 Å². The Kier molecular flexibility index (Phi) is 1.65. The maximum Gasteiger partial charge on any atom is 0.159 e. The predicted octanol–water partition coefficient (Wildman–Crippen LogP) is 0.810. The Morgan fingerprint density at radius 3 is 3.00 bits per heavy atom. The molecule has 3 nitrogen and oxygen atoms in total. The molecular formula is C6H7NO2. The first-order chi connectivity index (χ1) is 4.36. The Morgan fingerprint density at radius 1 is 1.89 bits per heavy atom. The van der Waals surface area contributed by atoms with Gasteiger partial charge >= 0.3 is 0 Å². The molecular weight excluding hydrogens is 118 g/mol. The molecule has 0 aliphatic rings. The van der Waals surface area contributed by atoms with Crippen molar-refractivity contribution in [3.63, 3.8) is 0 Å². The maximum absolute atomic E-state index is 8.49. The molecule has 0 aliphatic heterocycles. The van der Waals surface area contributed by atoms with Crippen LogP contribution < -0.4 is 0 Å². The van der Waals surface area contributed by atoms with Crippen LogP contribution in [-0.4, -0.2) is 10.3 Å². The van der Waals surface area contributed by atoms with Crippen molar-refractivity contribution >= 4 is 6.08 Å². The first-order valence-corrected chi connectivity index (χ1v) is 2.55. The van der Waals surface area contributed by atoms with Crippen LogP contribution in [0.3, 0.4) is 0 Å². The quantitative estimate of drug-likeness (QED) is 0.636. The van der Waals surface area contributed by atoms with Crippen LogP contribution in [0.15, 0.2) is 17.2 Å². The molecule has 0 amide bonds. The van der Waals surface area contributed by atoms with Gasteiger partial charge in [0.1, 0.15) is 5.69 Å². The Balaban J connectivity index is 2.86. The van der Waals surface area contributed by atoms with Crippen molar-refractivity contribution in [2.24, 2.45) is 0 Å². The van der Waals surface area contributed by atoms with E-state index in [1.807, 2.05) is 0 Å². The molecule has 0 aliphatic carbocycles. The Labute approximate surface area is 52.6 Å². The molecule has 0 saturated carbocycles. The molecule has 1 heterocycles. The molecule has 0 atom stereocenters. The predicted molar refractivity (Wildman–Crippen MR) is 32.5 cm³/mol. The van der Waals surface area contributed by atoms with Crippen molar-refractivity contribution in [2.75, 3.05) is 0 Å². The number of nitrogens with zero attached hydrogens (tertiary/aromatic N) is 1. The lowest BCUT2D eigenvalue weighted by atomic mass is 10.4. The van der Waals surface area contributed by atoms with E-state index >= 15 is 0 Å². The second-order valence-electron chi connectivity index (χ2n) is 1.58. The summed E-state index contributed by atoms with van der Waals surface area (Å²) in [7, 11) is 0. The summed E-state index contributed by atoms with van der Waals surface area (Å²) in [6.07, 6.45) is 1.53. The number of aliphatic hydroxyl groups excluding tert-OH is 1. The first kappa shape index (κ1) is 6.04. The van der Waals surface area contributed by atoms with Crippen LogP contribution in [0.1, 0.15) is 11.5 Å². The SMILES string of the molecule is C=Cc1cc(CO)no1. The molecule has 1 aromatic rings. The standard InChI is InChI=1S/C6H7NO2/c1-2-6-3-5(4-8)7-9-6/h2-3,8H,1,4H2. The van der Waals surface area contributed by atoms with Crippen molar-refractivity contribution in [2.45, 2.75) is 6.61 Å². The molecule has 0 saturated heterocycles. The Hall–Kier alpha value is -1.09. The highest BCUT2D eigenvalue weighted by Gasteiger charge is 1.96. The molecule has 3 heteroatoms. The molecule has 9 heavy (non-hydrogen) atoms. The van der Waals surface area contributed by atoms with Crippen LogP contribution in [0.5, 0.6) is 0 Å². The van der Waals surface area contributed by atoms with Gasteiger partial charge in [-0.3, -0.25) is 0 Å². The molecule has 1 rings (SSSR count). The summed E-state index contributed by atoms with van der Waals surface area (Å²) in [4.78, 5) is 0. The van der Waals surface area contributed by atoms with Gasteiger partial charge in [-0.25, -0.2) is 0 Å². The second kappa shape index (κ2) is 2.46. The molecule has 0 aromatic carbocycles. The van der Waals surface area contributed by atoms with Crippen LogP contribution >= 0.6 is 0 Å². The van der Waals surface area contributed by atoms with E-state index in [4.69, 9.17) is 5.11 Å². The lowest BCUT2D eigenvalue weighted by Gasteiger charge is -1.75. The zero-order valence-corrected chi connectivity index (χ0v) is 4.87. The van der Waals surface area contributed by atoms with Gasteiger partial charge in [0.25, 0.3) is 0 Å². The van der Waals surface area contributed by atoms with E-state index in [1.54, 1.807) is 6.07 Å². The van der Waals surface area contributed by atoms with Gasteiger partial charge in [0.15, 0.2) is 5.76 Å². The molecule has 0 spiro atoms. The zero-order chi connectivity index (χ0) is 6.69. The lowest BCUT2D eigenvalue weighted by molar-refractivity contribution is 0.266. The van der Waals surface area contributed by atoms with Crippen molar-refractivity contribution in [3.05, 3.63) is 24.1 Å². The average molecular weight is 125 g/mol. The van der Waals surface area contributed by atoms with Crippen molar-refractivity contribution in [1.82, 2.24) is 5.16 Å². The molecule has 0 unspecified atom stereocenters. The summed E-state index contributed by atoms with van der Waals surface area (Å²) in [5, 5.41) is 12.0. The average Bonchev–Trinajstić information content (AvgIpc) is 2.34. The molecule has 1 N–H and O–H groups in total. The van der Waals surface area contributed by atoms with Crippen molar-refractivity contribution < 1.29 is 9.63 Å². The van der Waals surface area contributed by atoms with Crippen LogP contribution in [0.2, 0.25) is 0 Å². The fourth-order valence-corrected chi connectivity index (χ4v) is 0.499. The topological polar surface area (TPSA) is 46.3 Å². The van der Waals surface area contributed by atoms with Crippen LogP contribution in [-0.2, 0) is 6.61 Å². The van der Waals surface area contributed by atoms with Crippen LogP contribution in [0.25, 0.3) is 6.08 Å². The highest BCUT2D eigenvalue weighted by atomic mass is 16.5. The van der Waals surface area contributed by atoms with Crippen LogP contribution in [0, 0.1) is 0 Å². The van der Waals surface area contributed by atoms with Gasteiger partial charge in [0.05, 0.1) is 6.61 Å². The van der Waals surface area contributed by atoms with E-state index in [9.17, 15) is 0 Å². The molecule has 0 radical (unpaired) electrons. The second-order valence-corrected chi connectivity index (χ2v) is 1.58. The van der Waals surface area contributed by atoms with Gasteiger partial charge in [0, 0.05) is 6.07 Å². The van der Waals surface area contributed by atoms with E-state index in [1.165, 1.54) is 6.08 Å². The molecule has 48 valence electrons. The number of aliphatic hydroxyl groups is 1. The smallest absolute Gasteiger partial charge is 0.159 e. The largest absolute Gasteiger partial charge is 0.390 e. The molecule has 0 bridgehead atoms. The minimum Gasteiger partial charge on any atom is -0.390 e. The number of hydrogen-bond donors (Lipinski definition) is 1. The minimum absolute atomic E-state index is 0.0860. The molecule has 0 fully saturated rings. The van der Waals surface area contributed by atoms with Gasteiger partial charge in [-0.2, -0.15) is 0 Å². The van der Waals surface area contributed by atoms with E-state index < -0.39 is 0 Å². The van der Waals surface area contributed by atoms with E-state index in [0.29, 0.717) is 11.5 Å². The highest BCUT2D eigenvalue weighted by Crippen LogP contribution is 2.03. The fourth-order valence-electron chi connectivity index (χ4n) is 0.499. The van der Waals surface area contributed by atoms with Crippen molar-refractivity contribution in [3.8, 4) is 0 Å². The number of hydrogen-bond acceptors (Lipinski definition) is 3. The Bertz CT molecular complexity index is 205. The maximum atomic E-state index is 8.49. The normalized spacial score (nSPS) is 9.44. The third kappa shape index (κ3) is 1.17. The monoisotopic (exact) mass is 125 g/mol. The van der Waals surface area contributed by atoms with Gasteiger partial charge in [-0.15, -0.1) is 0 Å². The first-order valence-electron chi connectivity index (χ1n) is 2.55. The van der Waals surface area contributed by atoms with E-state index in [2.05, 4.69) is 16.3 Å². The summed E-state index contributed by atoms with van der Waals surface area (Å²) in [5.41, 5.74) is 0.532. The lowest BCUT2D eigenvalue weighted by Crippen LogP contribution is -1.78. The summed E-state index contributed by atoms with van der Waals surface area (Å²) in [6, 6.07) is 1.63. The summed E-state index contributed by atoms with van der Waals surface area (Å²) < 4.78 is 4.68. The van der Waals surface area contributed by atoms with Gasteiger partial charge < -0.3 is 9.63 Å². The fraction of sp³-hybridized carbons (Fsp3) is 0.167. The minimum atomic E-state index is -0.0860. The van der Waals surface area contributed by atoms with E-state index in [-0.39, 0.29) is 6.61 Å². The number of aromatic nitrogens is 1. The zero-order valence-electron chi connectivity index (χ0n) is 4.87. The Morgan fingerprint density at radius 2 is 2.67 bits per heavy atom. The summed E-state index contributed by atoms with van der Waals surface area (Å²) in [5.74, 6) is 0.582. The third-order valence-corrected chi connectivity index (χ3v) is 0.940. The van der Waals surface area contributed by atoms with Gasteiger partial charge in [0.2, 0.25) is 0 Å². The van der Waals surface area contributed by atoms with Gasteiger partial charge in [-0.1, -0.05) is 11.7 Å². The third-order valence-electron chi connectivity index (χ3n) is 0.940. The summed E-state index contributed by atoms with van der Waals surface area (Å²) in [6.45, 7) is 3.38. The number of rotatable bonds is 2. The molecule has 1 aromatic heterocycles. The highest BCUT2D eigenvalue weighted by molar-refractivity contribution is 5.38. The van der Waals surface area contributed by atoms with Gasteiger partial charge in [-0.05, 0) is 6.08 Å². The summed E-state index contributed by atoms with van der Waals surface area (Å²) >= 11 is 0.